The summed E-state index contributed by atoms with van der Waals surface area (Å²) in [4.78, 5) is 4.28. The van der Waals surface area contributed by atoms with Gasteiger partial charge in [0.1, 0.15) is 5.75 Å². The summed E-state index contributed by atoms with van der Waals surface area (Å²) in [6.07, 6.45) is 9.64. The Hall–Kier alpha value is -1.83. The Morgan fingerprint density at radius 2 is 1.88 bits per heavy atom. The molecule has 0 aliphatic carbocycles. The molecule has 1 rings (SSSR count). The van der Waals surface area contributed by atoms with Crippen LogP contribution in [0.2, 0.25) is 0 Å². The molecule has 0 atom stereocenters. The van der Waals surface area contributed by atoms with Gasteiger partial charge < -0.3 is 4.74 Å². The molecule has 0 amide bonds. The molecular formula is C14H17NO. The number of rotatable bonds is 5. The molecule has 0 saturated carbocycles. The standard InChI is InChI=1S/C14H17NO/c1-3-4-5-6-11-15-12-13-7-9-14(16-2)10-8-13/h3-11H,12H2,1-2H3/b4-3-,6-5-,15-11?. The Bertz CT molecular complexity index is 374. The maximum Gasteiger partial charge on any atom is 0.118 e. The normalized spacial score (nSPS) is 11.9. The zero-order valence-electron chi connectivity index (χ0n) is 9.76. The van der Waals surface area contributed by atoms with Gasteiger partial charge in [-0.05, 0) is 30.7 Å². The van der Waals surface area contributed by atoms with Gasteiger partial charge in [0.2, 0.25) is 0 Å². The molecule has 0 spiro atoms. The van der Waals surface area contributed by atoms with Gasteiger partial charge >= 0.3 is 0 Å². The number of hydrogen-bond donors (Lipinski definition) is 0. The molecule has 0 N–H and O–H groups in total. The highest BCUT2D eigenvalue weighted by molar-refractivity contribution is 5.71. The first-order valence-electron chi connectivity index (χ1n) is 5.27. The molecule has 0 bridgehead atoms. The lowest BCUT2D eigenvalue weighted by Crippen LogP contribution is -1.84. The molecule has 0 unspecified atom stereocenters. The summed E-state index contributed by atoms with van der Waals surface area (Å²) in [5, 5.41) is 0. The fourth-order valence-electron chi connectivity index (χ4n) is 1.17. The van der Waals surface area contributed by atoms with E-state index in [4.69, 9.17) is 4.74 Å². The van der Waals surface area contributed by atoms with Crippen molar-refractivity contribution in [3.05, 3.63) is 54.1 Å². The van der Waals surface area contributed by atoms with E-state index in [1.54, 1.807) is 7.11 Å². The maximum atomic E-state index is 5.08. The highest BCUT2D eigenvalue weighted by Crippen LogP contribution is 2.11. The molecule has 0 radical (unpaired) electrons. The lowest BCUT2D eigenvalue weighted by Gasteiger charge is -1.99. The fourth-order valence-corrected chi connectivity index (χ4v) is 1.17. The van der Waals surface area contributed by atoms with Gasteiger partial charge in [0.25, 0.3) is 0 Å². The van der Waals surface area contributed by atoms with E-state index in [1.165, 1.54) is 5.56 Å². The third-order valence-corrected chi connectivity index (χ3v) is 2.04. The number of hydrogen-bond acceptors (Lipinski definition) is 2. The highest BCUT2D eigenvalue weighted by Gasteiger charge is 1.91. The van der Waals surface area contributed by atoms with Crippen LogP contribution in [0.25, 0.3) is 0 Å². The smallest absolute Gasteiger partial charge is 0.118 e. The van der Waals surface area contributed by atoms with Crippen LogP contribution in [0.1, 0.15) is 12.5 Å². The van der Waals surface area contributed by atoms with E-state index in [9.17, 15) is 0 Å². The maximum absolute atomic E-state index is 5.08. The summed E-state index contributed by atoms with van der Waals surface area (Å²) in [6, 6.07) is 7.93. The van der Waals surface area contributed by atoms with E-state index < -0.39 is 0 Å². The third kappa shape index (κ3) is 4.60. The second-order valence-corrected chi connectivity index (χ2v) is 3.25. The van der Waals surface area contributed by atoms with E-state index in [-0.39, 0.29) is 0 Å². The first-order valence-corrected chi connectivity index (χ1v) is 5.27. The fraction of sp³-hybridized carbons (Fsp3) is 0.214. The van der Waals surface area contributed by atoms with Gasteiger partial charge in [-0.25, -0.2) is 0 Å². The zero-order chi connectivity index (χ0) is 11.6. The van der Waals surface area contributed by atoms with E-state index >= 15 is 0 Å². The molecule has 0 saturated heterocycles. The van der Waals surface area contributed by atoms with Gasteiger partial charge in [0.15, 0.2) is 0 Å². The zero-order valence-corrected chi connectivity index (χ0v) is 9.76. The van der Waals surface area contributed by atoms with Crippen molar-refractivity contribution < 1.29 is 4.74 Å². The number of aliphatic imine (C=N–C) groups is 1. The second-order valence-electron chi connectivity index (χ2n) is 3.25. The number of nitrogens with zero attached hydrogens (tertiary/aromatic N) is 1. The Kier molecular flexibility index (Phi) is 5.71. The van der Waals surface area contributed by atoms with Gasteiger partial charge in [-0.2, -0.15) is 0 Å². The summed E-state index contributed by atoms with van der Waals surface area (Å²) in [5.41, 5.74) is 1.18. The van der Waals surface area contributed by atoms with Crippen LogP contribution < -0.4 is 4.74 Å². The minimum Gasteiger partial charge on any atom is -0.497 e. The predicted molar refractivity (Wildman–Crippen MR) is 69.1 cm³/mol. The Balaban J connectivity index is 2.42. The van der Waals surface area contributed by atoms with Gasteiger partial charge in [-0.3, -0.25) is 4.99 Å². The van der Waals surface area contributed by atoms with Crippen molar-refractivity contribution in [1.82, 2.24) is 0 Å². The van der Waals surface area contributed by atoms with Gasteiger partial charge in [-0.15, -0.1) is 0 Å². The minimum absolute atomic E-state index is 0.699. The average molecular weight is 215 g/mol. The van der Waals surface area contributed by atoms with Crippen molar-refractivity contribution in [2.75, 3.05) is 7.11 Å². The third-order valence-electron chi connectivity index (χ3n) is 2.04. The summed E-state index contributed by atoms with van der Waals surface area (Å²) < 4.78 is 5.08. The number of allylic oxidation sites excluding steroid dienone is 4. The average Bonchev–Trinajstić information content (AvgIpc) is 2.34. The summed E-state index contributed by atoms with van der Waals surface area (Å²) in [7, 11) is 1.67. The summed E-state index contributed by atoms with van der Waals surface area (Å²) >= 11 is 0. The van der Waals surface area contributed by atoms with Crippen molar-refractivity contribution in [2.24, 2.45) is 4.99 Å². The van der Waals surface area contributed by atoms with Gasteiger partial charge in [0, 0.05) is 6.21 Å². The Labute approximate surface area is 97.0 Å². The summed E-state index contributed by atoms with van der Waals surface area (Å²) in [6.45, 7) is 2.68. The number of ether oxygens (including phenoxy) is 1. The van der Waals surface area contributed by atoms with E-state index in [0.29, 0.717) is 6.54 Å². The van der Waals surface area contributed by atoms with Crippen LogP contribution in [-0.4, -0.2) is 13.3 Å². The van der Waals surface area contributed by atoms with Crippen LogP contribution in [0, 0.1) is 0 Å². The molecule has 1 aromatic rings. The van der Waals surface area contributed by atoms with Crippen molar-refractivity contribution in [3.63, 3.8) is 0 Å². The van der Waals surface area contributed by atoms with Crippen LogP contribution in [-0.2, 0) is 6.54 Å². The molecular weight excluding hydrogens is 198 g/mol. The van der Waals surface area contributed by atoms with Crippen molar-refractivity contribution in [1.29, 1.82) is 0 Å². The Morgan fingerprint density at radius 3 is 2.50 bits per heavy atom. The molecule has 1 aromatic carbocycles. The monoisotopic (exact) mass is 215 g/mol. The van der Waals surface area contributed by atoms with E-state index in [2.05, 4.69) is 4.99 Å². The summed E-state index contributed by atoms with van der Waals surface area (Å²) in [5.74, 6) is 0.876. The first-order chi connectivity index (χ1) is 7.86. The van der Waals surface area contributed by atoms with Crippen molar-refractivity contribution in [3.8, 4) is 5.75 Å². The SMILES string of the molecule is C/C=C\C=C/C=NCc1ccc(OC)cc1. The topological polar surface area (TPSA) is 21.6 Å². The van der Waals surface area contributed by atoms with Gasteiger partial charge in [0.05, 0.1) is 13.7 Å². The van der Waals surface area contributed by atoms with Crippen molar-refractivity contribution >= 4 is 6.21 Å². The quantitative estimate of drug-likeness (QED) is 0.545. The molecule has 0 heterocycles. The molecule has 0 fully saturated rings. The highest BCUT2D eigenvalue weighted by atomic mass is 16.5. The molecule has 84 valence electrons. The van der Waals surface area contributed by atoms with Crippen LogP contribution >= 0.6 is 0 Å². The van der Waals surface area contributed by atoms with Gasteiger partial charge in [-0.1, -0.05) is 30.4 Å². The lowest BCUT2D eigenvalue weighted by molar-refractivity contribution is 0.414. The van der Waals surface area contributed by atoms with Crippen LogP contribution in [0.5, 0.6) is 5.75 Å². The molecule has 2 heteroatoms. The number of benzene rings is 1. The van der Waals surface area contributed by atoms with Crippen LogP contribution in [0.4, 0.5) is 0 Å². The first kappa shape index (κ1) is 12.2. The molecule has 0 aliphatic rings. The van der Waals surface area contributed by atoms with Crippen LogP contribution in [0.3, 0.4) is 0 Å². The lowest BCUT2D eigenvalue weighted by atomic mass is 10.2. The van der Waals surface area contributed by atoms with E-state index in [1.807, 2.05) is 61.7 Å². The number of methoxy groups -OCH3 is 1. The molecule has 0 aliphatic heterocycles. The molecule has 16 heavy (non-hydrogen) atoms. The minimum atomic E-state index is 0.699. The molecule has 0 aromatic heterocycles. The predicted octanol–water partition coefficient (Wildman–Crippen LogP) is 3.40. The molecule has 2 nitrogen and oxygen atoms in total. The van der Waals surface area contributed by atoms with Crippen LogP contribution in [0.15, 0.2) is 53.6 Å². The second kappa shape index (κ2) is 7.46. The largest absolute Gasteiger partial charge is 0.497 e. The van der Waals surface area contributed by atoms with Crippen molar-refractivity contribution in [2.45, 2.75) is 13.5 Å². The van der Waals surface area contributed by atoms with E-state index in [0.717, 1.165) is 5.75 Å². The Morgan fingerprint density at radius 1 is 1.12 bits per heavy atom.